The van der Waals surface area contributed by atoms with Crippen molar-refractivity contribution in [1.29, 1.82) is 0 Å². The van der Waals surface area contributed by atoms with E-state index in [9.17, 15) is 18.0 Å². The van der Waals surface area contributed by atoms with E-state index in [1.807, 2.05) is 62.3 Å². The number of hydrogen-bond donors (Lipinski definition) is 1. The van der Waals surface area contributed by atoms with Crippen LogP contribution < -0.4 is 14.5 Å². The lowest BCUT2D eigenvalue weighted by molar-refractivity contribution is -0.116. The van der Waals surface area contributed by atoms with Gasteiger partial charge in [-0.05, 0) is 50.0 Å². The van der Waals surface area contributed by atoms with Crippen molar-refractivity contribution in [1.82, 2.24) is 10.2 Å². The van der Waals surface area contributed by atoms with Gasteiger partial charge >= 0.3 is 0 Å². The van der Waals surface area contributed by atoms with Crippen molar-refractivity contribution in [2.75, 3.05) is 49.7 Å². The predicted molar refractivity (Wildman–Crippen MR) is 122 cm³/mol. The van der Waals surface area contributed by atoms with E-state index >= 15 is 0 Å². The molecule has 2 aromatic carbocycles. The zero-order valence-electron chi connectivity index (χ0n) is 18.2. The van der Waals surface area contributed by atoms with Gasteiger partial charge in [-0.2, -0.15) is 0 Å². The molecule has 1 aliphatic heterocycles. The fraction of sp³-hybridized carbons (Fsp3) is 0.364. The van der Waals surface area contributed by atoms with Crippen LogP contribution in [0.1, 0.15) is 28.4 Å². The lowest BCUT2D eigenvalue weighted by atomic mass is 10.0. The molecule has 8 nitrogen and oxygen atoms in total. The first-order valence-electron chi connectivity index (χ1n) is 9.98. The first-order valence-corrected chi connectivity index (χ1v) is 11.6. The van der Waals surface area contributed by atoms with E-state index in [-0.39, 0.29) is 29.8 Å². The number of benzene rings is 2. The van der Waals surface area contributed by atoms with Crippen LogP contribution in [0.25, 0.3) is 0 Å². The van der Waals surface area contributed by atoms with E-state index in [1.54, 1.807) is 12.1 Å². The van der Waals surface area contributed by atoms with E-state index in [1.165, 1.54) is 12.1 Å². The Morgan fingerprint density at radius 2 is 1.77 bits per heavy atom. The van der Waals surface area contributed by atoms with Crippen LogP contribution in [0, 0.1) is 0 Å². The molecule has 0 aliphatic carbocycles. The summed E-state index contributed by atoms with van der Waals surface area (Å²) >= 11 is 0. The summed E-state index contributed by atoms with van der Waals surface area (Å²) in [5.41, 5.74) is 2.65. The molecule has 0 aromatic heterocycles. The van der Waals surface area contributed by atoms with Gasteiger partial charge in [-0.25, -0.2) is 12.7 Å². The van der Waals surface area contributed by atoms with Crippen molar-refractivity contribution < 1.29 is 18.0 Å². The third kappa shape index (κ3) is 5.05. The van der Waals surface area contributed by atoms with E-state index in [0.29, 0.717) is 12.1 Å². The van der Waals surface area contributed by atoms with Crippen molar-refractivity contribution in [3.63, 3.8) is 0 Å². The fourth-order valence-electron chi connectivity index (χ4n) is 3.53. The molecule has 0 radical (unpaired) electrons. The summed E-state index contributed by atoms with van der Waals surface area (Å²) in [6, 6.07) is 14.2. The highest BCUT2D eigenvalue weighted by Crippen LogP contribution is 2.26. The topological polar surface area (TPSA) is 90.0 Å². The average Bonchev–Trinajstić information content (AvgIpc) is 3.00. The monoisotopic (exact) mass is 444 g/mol. The van der Waals surface area contributed by atoms with Crippen molar-refractivity contribution >= 4 is 33.2 Å². The number of rotatable bonds is 7. The maximum Gasteiger partial charge on any atom is 0.251 e. The van der Waals surface area contributed by atoms with Gasteiger partial charge in [0, 0.05) is 38.3 Å². The molecule has 0 bridgehead atoms. The molecule has 1 N–H and O–H groups in total. The third-order valence-corrected chi connectivity index (χ3v) is 6.99. The molecule has 9 heteroatoms. The second-order valence-corrected chi connectivity index (χ2v) is 9.89. The summed E-state index contributed by atoms with van der Waals surface area (Å²) in [6.07, 6.45) is -0.0457. The Balaban J connectivity index is 1.74. The van der Waals surface area contributed by atoms with Gasteiger partial charge in [0.1, 0.15) is 0 Å². The number of nitrogens with zero attached hydrogens (tertiary/aromatic N) is 3. The summed E-state index contributed by atoms with van der Waals surface area (Å²) in [5.74, 6) is -1.02. The zero-order valence-corrected chi connectivity index (χ0v) is 19.0. The van der Waals surface area contributed by atoms with Gasteiger partial charge in [0.2, 0.25) is 15.9 Å². The summed E-state index contributed by atoms with van der Waals surface area (Å²) < 4.78 is 25.1. The molecule has 1 atom stereocenters. The number of nitrogens with one attached hydrogen (secondary N) is 1. The van der Waals surface area contributed by atoms with Gasteiger partial charge in [-0.15, -0.1) is 0 Å². The number of anilines is 2. The molecule has 1 saturated heterocycles. The molecular weight excluding hydrogens is 416 g/mol. The minimum atomic E-state index is -3.67. The van der Waals surface area contributed by atoms with Crippen molar-refractivity contribution in [3.05, 3.63) is 59.7 Å². The zero-order chi connectivity index (χ0) is 22.8. The van der Waals surface area contributed by atoms with Gasteiger partial charge in [-0.1, -0.05) is 18.2 Å². The Morgan fingerprint density at radius 3 is 2.32 bits per heavy atom. The van der Waals surface area contributed by atoms with Crippen LogP contribution in [0.5, 0.6) is 0 Å². The summed E-state index contributed by atoms with van der Waals surface area (Å²) in [6.45, 7) is 0.373. The van der Waals surface area contributed by atoms with Gasteiger partial charge in [-0.3, -0.25) is 9.59 Å². The smallest absolute Gasteiger partial charge is 0.251 e. The highest BCUT2D eigenvalue weighted by molar-refractivity contribution is 7.94. The minimum absolute atomic E-state index is 0.0381. The number of sulfonamides is 1. The second-order valence-electron chi connectivity index (χ2n) is 7.95. The molecule has 1 unspecified atom stereocenters. The summed E-state index contributed by atoms with van der Waals surface area (Å²) in [7, 11) is 4.18. The highest BCUT2D eigenvalue weighted by atomic mass is 32.2. The van der Waals surface area contributed by atoms with Gasteiger partial charge < -0.3 is 15.1 Å². The number of carbonyl (C=O) groups is 2. The Hall–Kier alpha value is -2.91. The van der Waals surface area contributed by atoms with E-state index in [0.717, 1.165) is 15.6 Å². The lowest BCUT2D eigenvalue weighted by Gasteiger charge is -2.26. The van der Waals surface area contributed by atoms with Gasteiger partial charge in [0.15, 0.2) is 0 Å². The fourth-order valence-corrected chi connectivity index (χ4v) is 4.98. The third-order valence-electron chi connectivity index (χ3n) is 5.29. The maximum absolute atomic E-state index is 12.8. The number of carbonyl (C=O) groups excluding carboxylic acids is 2. The molecule has 31 heavy (non-hydrogen) atoms. The van der Waals surface area contributed by atoms with Crippen LogP contribution in [-0.4, -0.2) is 65.6 Å². The average molecular weight is 445 g/mol. The highest BCUT2D eigenvalue weighted by Gasteiger charge is 2.36. The van der Waals surface area contributed by atoms with Crippen molar-refractivity contribution in [2.24, 2.45) is 0 Å². The number of likely N-dealkylation sites (N-methyl/N-ethyl adjacent to an activating group) is 1. The van der Waals surface area contributed by atoms with E-state index in [2.05, 4.69) is 5.32 Å². The van der Waals surface area contributed by atoms with Crippen LogP contribution >= 0.6 is 0 Å². The van der Waals surface area contributed by atoms with Crippen LogP contribution in [0.4, 0.5) is 11.4 Å². The van der Waals surface area contributed by atoms with Crippen molar-refractivity contribution in [3.8, 4) is 0 Å². The predicted octanol–water partition coefficient (Wildman–Crippen LogP) is 1.85. The largest absolute Gasteiger partial charge is 0.378 e. The normalized spacial score (nSPS) is 16.4. The standard InChI is InChI=1S/C22H28N4O4S/c1-24(2)18-10-8-16(9-11-18)20(25(3)4)15-23-22(28)17-6-5-7-19(14-17)26-21(27)12-13-31(26,29)30/h5-11,14,20H,12-13,15H2,1-4H3,(H,23,28). The Morgan fingerprint density at radius 1 is 1.10 bits per heavy atom. The molecule has 2 amide bonds. The first kappa shape index (κ1) is 22.8. The first-order chi connectivity index (χ1) is 14.6. The van der Waals surface area contributed by atoms with Crippen LogP contribution in [-0.2, 0) is 14.8 Å². The maximum atomic E-state index is 12.8. The molecule has 3 rings (SSSR count). The van der Waals surface area contributed by atoms with Crippen molar-refractivity contribution in [2.45, 2.75) is 12.5 Å². The Kier molecular flexibility index (Phi) is 6.66. The lowest BCUT2D eigenvalue weighted by Crippen LogP contribution is -2.35. The molecule has 2 aromatic rings. The Bertz CT molecular complexity index is 1070. The second kappa shape index (κ2) is 9.07. The molecule has 166 valence electrons. The molecule has 0 saturated carbocycles. The summed E-state index contributed by atoms with van der Waals surface area (Å²) in [4.78, 5) is 28.8. The molecule has 1 heterocycles. The molecular formula is C22H28N4O4S. The van der Waals surface area contributed by atoms with Crippen LogP contribution in [0.2, 0.25) is 0 Å². The quantitative estimate of drug-likeness (QED) is 0.701. The molecule has 1 aliphatic rings. The summed E-state index contributed by atoms with van der Waals surface area (Å²) in [5, 5.41) is 2.92. The van der Waals surface area contributed by atoms with Crippen LogP contribution in [0.3, 0.4) is 0 Å². The Labute approximate surface area is 183 Å². The molecule has 0 spiro atoms. The number of amides is 2. The van der Waals surface area contributed by atoms with Crippen LogP contribution in [0.15, 0.2) is 48.5 Å². The van der Waals surface area contributed by atoms with E-state index < -0.39 is 15.9 Å². The number of hydrogen-bond acceptors (Lipinski definition) is 6. The SMILES string of the molecule is CN(C)c1ccc(C(CNC(=O)c2cccc(N3C(=O)CCS3(=O)=O)c2)N(C)C)cc1. The minimum Gasteiger partial charge on any atom is -0.378 e. The van der Waals surface area contributed by atoms with E-state index in [4.69, 9.17) is 0 Å². The van der Waals surface area contributed by atoms with Gasteiger partial charge in [0.05, 0.1) is 17.5 Å². The molecule has 1 fully saturated rings. The van der Waals surface area contributed by atoms with Gasteiger partial charge in [0.25, 0.3) is 5.91 Å².